The number of carbonyl (C=O) groups excluding carboxylic acids is 1. The summed E-state index contributed by atoms with van der Waals surface area (Å²) in [4.78, 5) is 31.7. The third-order valence-electron chi connectivity index (χ3n) is 5.48. The molecule has 3 aromatic rings. The summed E-state index contributed by atoms with van der Waals surface area (Å²) in [6.45, 7) is 8.54. The average Bonchev–Trinajstić information content (AvgIpc) is 3.12. The molecule has 1 atom stereocenters. The van der Waals surface area contributed by atoms with Crippen molar-refractivity contribution in [2.75, 3.05) is 13.2 Å². The summed E-state index contributed by atoms with van der Waals surface area (Å²) in [5, 5.41) is 0.459. The van der Waals surface area contributed by atoms with Crippen LogP contribution in [0.4, 0.5) is 0 Å². The zero-order valence-electron chi connectivity index (χ0n) is 20.1. The third-order valence-corrected chi connectivity index (χ3v) is 6.81. The molecule has 2 heterocycles. The molecule has 1 aliphatic heterocycles. The Kier molecular flexibility index (Phi) is 7.57. The Morgan fingerprint density at radius 2 is 1.91 bits per heavy atom. The lowest BCUT2D eigenvalue weighted by atomic mass is 9.96. The summed E-state index contributed by atoms with van der Waals surface area (Å²) in [5.41, 5.74) is 2.08. The van der Waals surface area contributed by atoms with Crippen LogP contribution >= 0.6 is 22.9 Å². The van der Waals surface area contributed by atoms with Gasteiger partial charge in [-0.2, -0.15) is 0 Å². The van der Waals surface area contributed by atoms with Crippen LogP contribution in [0.15, 0.2) is 69.6 Å². The molecule has 1 aliphatic rings. The van der Waals surface area contributed by atoms with Gasteiger partial charge in [-0.05, 0) is 55.2 Å². The quantitative estimate of drug-likeness (QED) is 0.439. The van der Waals surface area contributed by atoms with E-state index in [9.17, 15) is 9.59 Å². The molecule has 0 aliphatic carbocycles. The molecular formula is C27H27ClN2O4S. The lowest BCUT2D eigenvalue weighted by Gasteiger charge is -2.25. The molecule has 0 spiro atoms. The van der Waals surface area contributed by atoms with E-state index in [2.05, 4.69) is 18.8 Å². The maximum atomic E-state index is 13.6. The van der Waals surface area contributed by atoms with Crippen LogP contribution in [0.25, 0.3) is 6.08 Å². The number of allylic oxidation sites excluding steroid dienone is 1. The van der Waals surface area contributed by atoms with Gasteiger partial charge in [0.05, 0.1) is 29.0 Å². The van der Waals surface area contributed by atoms with Crippen molar-refractivity contribution < 1.29 is 14.3 Å². The Balaban J connectivity index is 1.82. The zero-order valence-corrected chi connectivity index (χ0v) is 21.7. The number of carbonyl (C=O) groups is 1. The standard InChI is InChI=1S/C27H27ClN2O4S/c1-5-33-26(32)23-17(4)29-27-30(24(23)20-8-6-7-9-21(20)28)25(31)22(35-27)14-18-10-12-19(13-11-18)34-15-16(2)3/h6-14,16,24H,5,15H2,1-4H3/b22-14-/t24-/m1/s1. The maximum absolute atomic E-state index is 13.6. The number of ether oxygens (including phenoxy) is 2. The highest BCUT2D eigenvalue weighted by Crippen LogP contribution is 2.34. The molecule has 0 saturated carbocycles. The van der Waals surface area contributed by atoms with E-state index in [0.717, 1.165) is 11.3 Å². The van der Waals surface area contributed by atoms with E-state index < -0.39 is 12.0 Å². The zero-order chi connectivity index (χ0) is 25.1. The number of aromatic nitrogens is 1. The predicted molar refractivity (Wildman–Crippen MR) is 139 cm³/mol. The highest BCUT2D eigenvalue weighted by molar-refractivity contribution is 7.07. The third kappa shape index (κ3) is 5.26. The highest BCUT2D eigenvalue weighted by Gasteiger charge is 2.34. The Bertz CT molecular complexity index is 1450. The number of rotatable bonds is 7. The van der Waals surface area contributed by atoms with Crippen molar-refractivity contribution in [1.82, 2.24) is 4.57 Å². The Morgan fingerprint density at radius 1 is 1.20 bits per heavy atom. The first-order chi connectivity index (χ1) is 16.8. The Morgan fingerprint density at radius 3 is 2.57 bits per heavy atom. The fraction of sp³-hybridized carbons (Fsp3) is 0.296. The minimum atomic E-state index is -0.729. The van der Waals surface area contributed by atoms with Gasteiger partial charge in [-0.15, -0.1) is 0 Å². The van der Waals surface area contributed by atoms with Crippen molar-refractivity contribution in [2.24, 2.45) is 10.9 Å². The van der Waals surface area contributed by atoms with E-state index in [1.807, 2.05) is 48.5 Å². The van der Waals surface area contributed by atoms with E-state index in [1.165, 1.54) is 15.9 Å². The van der Waals surface area contributed by atoms with Crippen molar-refractivity contribution in [3.63, 3.8) is 0 Å². The van der Waals surface area contributed by atoms with Gasteiger partial charge in [-0.3, -0.25) is 9.36 Å². The molecule has 0 fully saturated rings. The minimum Gasteiger partial charge on any atom is -0.493 e. The molecule has 6 nitrogen and oxygen atoms in total. The summed E-state index contributed by atoms with van der Waals surface area (Å²) in [7, 11) is 0. The number of thiazole rings is 1. The number of nitrogens with zero attached hydrogens (tertiary/aromatic N) is 2. The SMILES string of the molecule is CCOC(=O)C1=C(C)N=c2s/c(=C\c3ccc(OCC(C)C)cc3)c(=O)n2[C@@H]1c1ccccc1Cl. The van der Waals surface area contributed by atoms with Crippen molar-refractivity contribution in [3.8, 4) is 5.75 Å². The largest absolute Gasteiger partial charge is 0.493 e. The first kappa shape index (κ1) is 24.9. The molecule has 1 aromatic heterocycles. The van der Waals surface area contributed by atoms with Crippen LogP contribution in [0, 0.1) is 5.92 Å². The van der Waals surface area contributed by atoms with Gasteiger partial charge in [0.25, 0.3) is 5.56 Å². The number of hydrogen-bond acceptors (Lipinski definition) is 6. The van der Waals surface area contributed by atoms with Crippen molar-refractivity contribution >= 4 is 35.0 Å². The van der Waals surface area contributed by atoms with Gasteiger partial charge < -0.3 is 9.47 Å². The molecule has 0 radical (unpaired) electrons. The molecule has 0 saturated heterocycles. The Labute approximate surface area is 212 Å². The van der Waals surface area contributed by atoms with E-state index in [-0.39, 0.29) is 12.2 Å². The van der Waals surface area contributed by atoms with Crippen LogP contribution < -0.4 is 19.6 Å². The molecular weight excluding hydrogens is 484 g/mol. The predicted octanol–water partition coefficient (Wildman–Crippen LogP) is 4.49. The van der Waals surface area contributed by atoms with Crippen molar-refractivity contribution in [1.29, 1.82) is 0 Å². The topological polar surface area (TPSA) is 69.9 Å². The summed E-state index contributed by atoms with van der Waals surface area (Å²) in [6.07, 6.45) is 1.82. The summed E-state index contributed by atoms with van der Waals surface area (Å²) < 4.78 is 13.1. The van der Waals surface area contributed by atoms with E-state index in [4.69, 9.17) is 21.1 Å². The summed E-state index contributed by atoms with van der Waals surface area (Å²) in [6, 6.07) is 14.1. The molecule has 2 aromatic carbocycles. The van der Waals surface area contributed by atoms with Crippen LogP contribution in [-0.4, -0.2) is 23.8 Å². The minimum absolute atomic E-state index is 0.214. The molecule has 0 N–H and O–H groups in total. The molecule has 0 unspecified atom stereocenters. The number of esters is 1. The van der Waals surface area contributed by atoms with Crippen LogP contribution in [0.1, 0.15) is 44.9 Å². The van der Waals surface area contributed by atoms with Gasteiger partial charge in [0, 0.05) is 5.02 Å². The second-order valence-corrected chi connectivity index (χ2v) is 10.0. The van der Waals surface area contributed by atoms with Crippen LogP contribution in [0.5, 0.6) is 5.75 Å². The number of halogens is 1. The lowest BCUT2D eigenvalue weighted by Crippen LogP contribution is -2.40. The van der Waals surface area contributed by atoms with Crippen LogP contribution in [0.2, 0.25) is 5.02 Å². The van der Waals surface area contributed by atoms with Crippen molar-refractivity contribution in [3.05, 3.63) is 95.6 Å². The second kappa shape index (κ2) is 10.6. The molecule has 0 bridgehead atoms. The normalized spacial score (nSPS) is 15.7. The maximum Gasteiger partial charge on any atom is 0.338 e. The first-order valence-electron chi connectivity index (χ1n) is 11.5. The van der Waals surface area contributed by atoms with Crippen LogP contribution in [0.3, 0.4) is 0 Å². The average molecular weight is 511 g/mol. The highest BCUT2D eigenvalue weighted by atomic mass is 35.5. The second-order valence-electron chi connectivity index (χ2n) is 8.60. The molecule has 8 heteroatoms. The van der Waals surface area contributed by atoms with E-state index in [1.54, 1.807) is 19.9 Å². The van der Waals surface area contributed by atoms with Gasteiger partial charge in [0.2, 0.25) is 0 Å². The van der Waals surface area contributed by atoms with Gasteiger partial charge in [0.15, 0.2) is 4.80 Å². The molecule has 35 heavy (non-hydrogen) atoms. The number of fused-ring (bicyclic) bond motifs is 1. The first-order valence-corrected chi connectivity index (χ1v) is 12.7. The van der Waals surface area contributed by atoms with E-state index in [0.29, 0.717) is 43.7 Å². The fourth-order valence-corrected chi connectivity index (χ4v) is 5.14. The monoisotopic (exact) mass is 510 g/mol. The lowest BCUT2D eigenvalue weighted by molar-refractivity contribution is -0.139. The van der Waals surface area contributed by atoms with Gasteiger partial charge in [-0.25, -0.2) is 9.79 Å². The summed E-state index contributed by atoms with van der Waals surface area (Å²) >= 11 is 7.81. The van der Waals surface area contributed by atoms with Crippen molar-refractivity contribution in [2.45, 2.75) is 33.7 Å². The Hall–Kier alpha value is -3.16. The van der Waals surface area contributed by atoms with Gasteiger partial charge in [-0.1, -0.05) is 67.1 Å². The smallest absolute Gasteiger partial charge is 0.338 e. The van der Waals surface area contributed by atoms with Gasteiger partial charge >= 0.3 is 5.97 Å². The number of benzene rings is 2. The van der Waals surface area contributed by atoms with Gasteiger partial charge in [0.1, 0.15) is 11.8 Å². The number of hydrogen-bond donors (Lipinski definition) is 0. The molecule has 182 valence electrons. The fourth-order valence-electron chi connectivity index (χ4n) is 3.86. The summed E-state index contributed by atoms with van der Waals surface area (Å²) in [5.74, 6) is 0.709. The van der Waals surface area contributed by atoms with Crippen LogP contribution in [-0.2, 0) is 9.53 Å². The molecule has 4 rings (SSSR count). The van der Waals surface area contributed by atoms with E-state index >= 15 is 0 Å². The molecule has 0 amide bonds.